The van der Waals surface area contributed by atoms with Gasteiger partial charge in [-0.3, -0.25) is 0 Å². The smallest absolute Gasteiger partial charge is 0.156 e. The molecule has 0 atom stereocenters. The summed E-state index contributed by atoms with van der Waals surface area (Å²) in [6.07, 6.45) is 2.68. The maximum Gasteiger partial charge on any atom is 0.156 e. The third-order valence-electron chi connectivity index (χ3n) is 2.78. The highest BCUT2D eigenvalue weighted by Gasteiger charge is 2.05. The monoisotopic (exact) mass is 301 g/mol. The molecule has 0 N–H and O–H groups in total. The van der Waals surface area contributed by atoms with Crippen LogP contribution in [0.15, 0.2) is 47.1 Å². The van der Waals surface area contributed by atoms with Gasteiger partial charge in [0.15, 0.2) is 11.5 Å². The number of pyridine rings is 1. The molecule has 0 spiro atoms. The number of aromatic nitrogens is 3. The Hall–Kier alpha value is -1.68. The van der Waals surface area contributed by atoms with Gasteiger partial charge in [-0.15, -0.1) is 0 Å². The number of benzene rings is 1. The van der Waals surface area contributed by atoms with Gasteiger partial charge < -0.3 is 0 Å². The highest BCUT2D eigenvalue weighted by atomic mass is 79.9. The van der Waals surface area contributed by atoms with Gasteiger partial charge in [0.05, 0.1) is 0 Å². The first-order valence-corrected chi connectivity index (χ1v) is 6.56. The lowest BCUT2D eigenvalue weighted by atomic mass is 10.1. The molecular weight excluding hydrogens is 290 g/mol. The van der Waals surface area contributed by atoms with Crippen LogP contribution in [0.1, 0.15) is 17.0 Å². The van der Waals surface area contributed by atoms with Crippen molar-refractivity contribution in [2.24, 2.45) is 0 Å². The molecule has 3 rings (SSSR count). The number of nitrogens with zero attached hydrogens (tertiary/aromatic N) is 3. The molecule has 0 aliphatic rings. The van der Waals surface area contributed by atoms with E-state index >= 15 is 0 Å². The van der Waals surface area contributed by atoms with Crippen LogP contribution in [0.3, 0.4) is 0 Å². The predicted octanol–water partition coefficient (Wildman–Crippen LogP) is 3.39. The maximum atomic E-state index is 4.51. The Morgan fingerprint density at radius 1 is 1.22 bits per heavy atom. The molecule has 1 aromatic carbocycles. The molecule has 0 saturated carbocycles. The van der Waals surface area contributed by atoms with Crippen LogP contribution in [0.25, 0.3) is 5.65 Å². The van der Waals surface area contributed by atoms with E-state index in [1.54, 1.807) is 4.52 Å². The van der Waals surface area contributed by atoms with Crippen molar-refractivity contribution >= 4 is 21.6 Å². The molecule has 0 radical (unpaired) electrons. The molecular formula is C14H12BrN3. The van der Waals surface area contributed by atoms with Crippen molar-refractivity contribution in [2.45, 2.75) is 13.3 Å². The number of halogens is 1. The number of hydrogen-bond donors (Lipinski definition) is 0. The zero-order valence-electron chi connectivity index (χ0n) is 9.97. The Morgan fingerprint density at radius 3 is 2.94 bits per heavy atom. The normalized spacial score (nSPS) is 11.0. The summed E-state index contributed by atoms with van der Waals surface area (Å²) < 4.78 is 2.80. The second-order valence-electron chi connectivity index (χ2n) is 4.34. The lowest BCUT2D eigenvalue weighted by Crippen LogP contribution is -1.92. The SMILES string of the molecule is Cc1cccc(Cc2nc3ccc(Br)cn3n2)c1. The van der Waals surface area contributed by atoms with E-state index in [1.165, 1.54) is 11.1 Å². The van der Waals surface area contributed by atoms with Crippen molar-refractivity contribution in [2.75, 3.05) is 0 Å². The minimum absolute atomic E-state index is 0.765. The molecule has 90 valence electrons. The second-order valence-corrected chi connectivity index (χ2v) is 5.26. The van der Waals surface area contributed by atoms with Gasteiger partial charge in [-0.2, -0.15) is 5.10 Å². The van der Waals surface area contributed by atoms with E-state index in [1.807, 2.05) is 18.3 Å². The van der Waals surface area contributed by atoms with E-state index < -0.39 is 0 Å². The molecule has 2 aromatic heterocycles. The van der Waals surface area contributed by atoms with E-state index in [2.05, 4.69) is 57.2 Å². The first kappa shape index (κ1) is 11.4. The van der Waals surface area contributed by atoms with Crippen LogP contribution in [-0.4, -0.2) is 14.6 Å². The fourth-order valence-electron chi connectivity index (χ4n) is 1.98. The van der Waals surface area contributed by atoms with E-state index in [0.29, 0.717) is 0 Å². The predicted molar refractivity (Wildman–Crippen MR) is 74.7 cm³/mol. The summed E-state index contributed by atoms with van der Waals surface area (Å²) in [5.74, 6) is 0.846. The van der Waals surface area contributed by atoms with Crippen molar-refractivity contribution in [3.63, 3.8) is 0 Å². The Morgan fingerprint density at radius 2 is 2.11 bits per heavy atom. The molecule has 0 fully saturated rings. The molecule has 0 bridgehead atoms. The summed E-state index contributed by atoms with van der Waals surface area (Å²) in [7, 11) is 0. The van der Waals surface area contributed by atoms with Gasteiger partial charge in [-0.05, 0) is 40.5 Å². The van der Waals surface area contributed by atoms with Gasteiger partial charge in [-0.25, -0.2) is 9.50 Å². The van der Waals surface area contributed by atoms with Crippen molar-refractivity contribution < 1.29 is 0 Å². The summed E-state index contributed by atoms with van der Waals surface area (Å²) in [5.41, 5.74) is 3.38. The second kappa shape index (κ2) is 4.53. The van der Waals surface area contributed by atoms with Gasteiger partial charge >= 0.3 is 0 Å². The minimum Gasteiger partial charge on any atom is -0.220 e. The quantitative estimate of drug-likeness (QED) is 0.726. The largest absolute Gasteiger partial charge is 0.220 e. The number of hydrogen-bond acceptors (Lipinski definition) is 2. The van der Waals surface area contributed by atoms with Gasteiger partial charge in [0.1, 0.15) is 0 Å². The number of rotatable bonds is 2. The van der Waals surface area contributed by atoms with Crippen LogP contribution in [0.5, 0.6) is 0 Å². The van der Waals surface area contributed by atoms with Crippen molar-refractivity contribution in [3.05, 3.63) is 64.0 Å². The molecule has 4 heteroatoms. The Balaban J connectivity index is 1.95. The topological polar surface area (TPSA) is 30.2 Å². The molecule has 0 amide bonds. The third-order valence-corrected chi connectivity index (χ3v) is 3.25. The highest BCUT2D eigenvalue weighted by molar-refractivity contribution is 9.10. The van der Waals surface area contributed by atoms with Crippen LogP contribution >= 0.6 is 15.9 Å². The van der Waals surface area contributed by atoms with Crippen LogP contribution in [-0.2, 0) is 6.42 Å². The summed E-state index contributed by atoms with van der Waals surface area (Å²) in [6, 6.07) is 12.4. The van der Waals surface area contributed by atoms with Gasteiger partial charge in [-0.1, -0.05) is 29.8 Å². The van der Waals surface area contributed by atoms with Crippen LogP contribution < -0.4 is 0 Å². The maximum absolute atomic E-state index is 4.51. The molecule has 0 saturated heterocycles. The van der Waals surface area contributed by atoms with E-state index in [-0.39, 0.29) is 0 Å². The third kappa shape index (κ3) is 2.29. The van der Waals surface area contributed by atoms with Crippen LogP contribution in [0.4, 0.5) is 0 Å². The zero-order valence-corrected chi connectivity index (χ0v) is 11.6. The highest BCUT2D eigenvalue weighted by Crippen LogP contribution is 2.13. The van der Waals surface area contributed by atoms with E-state index in [0.717, 1.165) is 22.4 Å². The van der Waals surface area contributed by atoms with Crippen molar-refractivity contribution in [1.29, 1.82) is 0 Å². The average molecular weight is 302 g/mol. The summed E-state index contributed by atoms with van der Waals surface area (Å²) in [6.45, 7) is 2.09. The molecule has 0 aliphatic carbocycles. The van der Waals surface area contributed by atoms with Gasteiger partial charge in [0.2, 0.25) is 0 Å². The fraction of sp³-hybridized carbons (Fsp3) is 0.143. The molecule has 2 heterocycles. The lowest BCUT2D eigenvalue weighted by Gasteiger charge is -1.98. The first-order valence-electron chi connectivity index (χ1n) is 5.77. The molecule has 3 aromatic rings. The number of fused-ring (bicyclic) bond motifs is 1. The summed E-state index contributed by atoms with van der Waals surface area (Å²) >= 11 is 3.43. The Bertz CT molecular complexity index is 703. The van der Waals surface area contributed by atoms with Gasteiger partial charge in [0, 0.05) is 17.1 Å². The summed E-state index contributed by atoms with van der Waals surface area (Å²) in [4.78, 5) is 4.51. The standard InChI is InChI=1S/C14H12BrN3/c1-10-3-2-4-11(7-10)8-13-16-14-6-5-12(15)9-18(14)17-13/h2-7,9H,8H2,1H3. The Kier molecular flexibility index (Phi) is 2.88. The minimum atomic E-state index is 0.765. The molecule has 3 nitrogen and oxygen atoms in total. The number of aryl methyl sites for hydroxylation is 1. The molecule has 18 heavy (non-hydrogen) atoms. The first-order chi connectivity index (χ1) is 8.70. The zero-order chi connectivity index (χ0) is 12.5. The lowest BCUT2D eigenvalue weighted by molar-refractivity contribution is 0.897. The van der Waals surface area contributed by atoms with Crippen LogP contribution in [0, 0.1) is 6.92 Å². The van der Waals surface area contributed by atoms with Gasteiger partial charge in [0.25, 0.3) is 0 Å². The van der Waals surface area contributed by atoms with Crippen LogP contribution in [0.2, 0.25) is 0 Å². The fourth-order valence-corrected chi connectivity index (χ4v) is 2.31. The van der Waals surface area contributed by atoms with Crippen molar-refractivity contribution in [3.8, 4) is 0 Å². The molecule has 0 aliphatic heterocycles. The molecule has 0 unspecified atom stereocenters. The Labute approximate surface area is 114 Å². The van der Waals surface area contributed by atoms with Crippen molar-refractivity contribution in [1.82, 2.24) is 14.6 Å². The van der Waals surface area contributed by atoms with E-state index in [4.69, 9.17) is 0 Å². The van der Waals surface area contributed by atoms with E-state index in [9.17, 15) is 0 Å². The average Bonchev–Trinajstić information content (AvgIpc) is 2.70. The summed E-state index contributed by atoms with van der Waals surface area (Å²) in [5, 5.41) is 4.47.